The molecule has 1 unspecified atom stereocenters. The van der Waals surface area contributed by atoms with E-state index in [-0.39, 0.29) is 12.2 Å². The summed E-state index contributed by atoms with van der Waals surface area (Å²) >= 11 is 0. The Bertz CT molecular complexity index is 429. The van der Waals surface area contributed by atoms with Gasteiger partial charge in [-0.2, -0.15) is 0 Å². The number of hydrogen-bond donors (Lipinski definition) is 3. The maximum absolute atomic E-state index is 10.6. The molecule has 4 N–H and O–H groups in total. The van der Waals surface area contributed by atoms with Gasteiger partial charge < -0.3 is 15.9 Å². The fourth-order valence-electron chi connectivity index (χ4n) is 2.23. The molecule has 1 aliphatic carbocycles. The quantitative estimate of drug-likeness (QED) is 0.719. The molecule has 4 heteroatoms. The molecule has 2 rings (SSSR count). The molecule has 1 atom stereocenters. The molecule has 0 aliphatic heterocycles. The van der Waals surface area contributed by atoms with Crippen LogP contribution < -0.4 is 5.73 Å². The van der Waals surface area contributed by atoms with Crippen LogP contribution in [0.5, 0.6) is 5.75 Å². The highest BCUT2D eigenvalue weighted by Gasteiger charge is 2.19. The standard InChI is InChI=1S/C12H15NO3/c13-10(6-12(15)16)9-4-7-2-1-3-8(7)5-11(9)14/h4-5,10,14H,1-3,6,13H2,(H,15,16). The Kier molecular flexibility index (Phi) is 2.83. The van der Waals surface area contributed by atoms with Gasteiger partial charge in [0, 0.05) is 11.6 Å². The van der Waals surface area contributed by atoms with Crippen LogP contribution in [0.15, 0.2) is 12.1 Å². The zero-order valence-electron chi connectivity index (χ0n) is 8.94. The molecule has 4 nitrogen and oxygen atoms in total. The van der Waals surface area contributed by atoms with Crippen LogP contribution >= 0.6 is 0 Å². The van der Waals surface area contributed by atoms with Crippen molar-refractivity contribution in [1.82, 2.24) is 0 Å². The van der Waals surface area contributed by atoms with Crippen molar-refractivity contribution < 1.29 is 15.0 Å². The Morgan fingerprint density at radius 3 is 2.62 bits per heavy atom. The number of hydrogen-bond acceptors (Lipinski definition) is 3. The van der Waals surface area contributed by atoms with Gasteiger partial charge in [-0.3, -0.25) is 4.79 Å². The lowest BCUT2D eigenvalue weighted by Crippen LogP contribution is -2.15. The van der Waals surface area contributed by atoms with Crippen molar-refractivity contribution in [3.63, 3.8) is 0 Å². The molecule has 0 bridgehead atoms. The second-order valence-electron chi connectivity index (χ2n) is 4.24. The van der Waals surface area contributed by atoms with Gasteiger partial charge in [0.2, 0.25) is 0 Å². The number of aliphatic carboxylic acids is 1. The second-order valence-corrected chi connectivity index (χ2v) is 4.24. The monoisotopic (exact) mass is 221 g/mol. The number of carboxylic acid groups (broad SMARTS) is 1. The van der Waals surface area contributed by atoms with Crippen molar-refractivity contribution in [2.45, 2.75) is 31.7 Å². The Labute approximate surface area is 93.7 Å². The van der Waals surface area contributed by atoms with E-state index in [0.29, 0.717) is 5.56 Å². The van der Waals surface area contributed by atoms with Crippen LogP contribution in [0.3, 0.4) is 0 Å². The zero-order chi connectivity index (χ0) is 11.7. The molecule has 0 radical (unpaired) electrons. The lowest BCUT2D eigenvalue weighted by Gasteiger charge is -2.13. The van der Waals surface area contributed by atoms with Gasteiger partial charge in [-0.25, -0.2) is 0 Å². The van der Waals surface area contributed by atoms with E-state index in [1.807, 2.05) is 6.07 Å². The number of aromatic hydroxyl groups is 1. The Morgan fingerprint density at radius 2 is 2.00 bits per heavy atom. The minimum absolute atomic E-state index is 0.120. The van der Waals surface area contributed by atoms with Gasteiger partial charge in [0.1, 0.15) is 5.75 Å². The predicted molar refractivity (Wildman–Crippen MR) is 59.3 cm³/mol. The number of benzene rings is 1. The smallest absolute Gasteiger partial charge is 0.305 e. The van der Waals surface area contributed by atoms with Crippen LogP contribution in [-0.2, 0) is 17.6 Å². The Balaban J connectivity index is 2.30. The van der Waals surface area contributed by atoms with Crippen LogP contribution in [0.25, 0.3) is 0 Å². The molecular formula is C12H15NO3. The first-order valence-corrected chi connectivity index (χ1v) is 5.40. The van der Waals surface area contributed by atoms with E-state index in [1.54, 1.807) is 6.07 Å². The Hall–Kier alpha value is -1.55. The number of rotatable bonds is 3. The third kappa shape index (κ3) is 2.02. The average Bonchev–Trinajstić information content (AvgIpc) is 2.61. The van der Waals surface area contributed by atoms with Crippen LogP contribution in [-0.4, -0.2) is 16.2 Å². The van der Waals surface area contributed by atoms with Crippen molar-refractivity contribution in [2.24, 2.45) is 5.73 Å². The summed E-state index contributed by atoms with van der Waals surface area (Å²) in [5, 5.41) is 18.5. The van der Waals surface area contributed by atoms with Gasteiger partial charge in [0.25, 0.3) is 0 Å². The van der Waals surface area contributed by atoms with Gasteiger partial charge in [-0.05, 0) is 36.5 Å². The third-order valence-electron chi connectivity index (χ3n) is 3.04. The Morgan fingerprint density at radius 1 is 1.38 bits per heavy atom. The summed E-state index contributed by atoms with van der Waals surface area (Å²) in [6.45, 7) is 0. The summed E-state index contributed by atoms with van der Waals surface area (Å²) in [6.07, 6.45) is 2.90. The van der Waals surface area contributed by atoms with Crippen LogP contribution in [0.1, 0.15) is 35.6 Å². The molecule has 0 aromatic heterocycles. The molecule has 1 aromatic carbocycles. The zero-order valence-corrected chi connectivity index (χ0v) is 8.94. The molecule has 1 aromatic rings. The number of phenols is 1. The SMILES string of the molecule is NC(CC(=O)O)c1cc2c(cc1O)CCC2. The highest BCUT2D eigenvalue weighted by Crippen LogP contribution is 2.32. The van der Waals surface area contributed by atoms with Gasteiger partial charge in [0.05, 0.1) is 6.42 Å². The summed E-state index contributed by atoms with van der Waals surface area (Å²) in [7, 11) is 0. The van der Waals surface area contributed by atoms with E-state index < -0.39 is 12.0 Å². The fourth-order valence-corrected chi connectivity index (χ4v) is 2.23. The first-order chi connectivity index (χ1) is 7.58. The number of nitrogens with two attached hydrogens (primary N) is 1. The van der Waals surface area contributed by atoms with E-state index in [2.05, 4.69) is 0 Å². The second kappa shape index (κ2) is 4.14. The maximum Gasteiger partial charge on any atom is 0.305 e. The molecule has 0 spiro atoms. The lowest BCUT2D eigenvalue weighted by atomic mass is 9.98. The number of phenolic OH excluding ortho intramolecular Hbond substituents is 1. The third-order valence-corrected chi connectivity index (χ3v) is 3.04. The maximum atomic E-state index is 10.6. The minimum Gasteiger partial charge on any atom is -0.508 e. The predicted octanol–water partition coefficient (Wildman–Crippen LogP) is 1.36. The molecule has 0 fully saturated rings. The van der Waals surface area contributed by atoms with Crippen molar-refractivity contribution in [3.05, 3.63) is 28.8 Å². The average molecular weight is 221 g/mol. The van der Waals surface area contributed by atoms with E-state index in [1.165, 1.54) is 5.56 Å². The molecule has 0 heterocycles. The van der Waals surface area contributed by atoms with Gasteiger partial charge in [-0.1, -0.05) is 6.07 Å². The van der Waals surface area contributed by atoms with Gasteiger partial charge in [0.15, 0.2) is 0 Å². The van der Waals surface area contributed by atoms with Crippen LogP contribution in [0, 0.1) is 0 Å². The molecule has 16 heavy (non-hydrogen) atoms. The fraction of sp³-hybridized carbons (Fsp3) is 0.417. The topological polar surface area (TPSA) is 83.6 Å². The number of fused-ring (bicyclic) bond motifs is 1. The number of carboxylic acids is 1. The van der Waals surface area contributed by atoms with Crippen molar-refractivity contribution in [2.75, 3.05) is 0 Å². The lowest BCUT2D eigenvalue weighted by molar-refractivity contribution is -0.137. The van der Waals surface area contributed by atoms with Gasteiger partial charge >= 0.3 is 5.97 Å². The molecule has 0 amide bonds. The minimum atomic E-state index is -0.951. The van der Waals surface area contributed by atoms with E-state index >= 15 is 0 Å². The van der Waals surface area contributed by atoms with Crippen LogP contribution in [0.4, 0.5) is 0 Å². The molecule has 0 saturated carbocycles. The molecule has 86 valence electrons. The van der Waals surface area contributed by atoms with Gasteiger partial charge in [-0.15, -0.1) is 0 Å². The summed E-state index contributed by atoms with van der Waals surface area (Å²) < 4.78 is 0. The molecule has 1 aliphatic rings. The first kappa shape index (κ1) is 11.0. The number of aryl methyl sites for hydroxylation is 2. The largest absolute Gasteiger partial charge is 0.508 e. The van der Waals surface area contributed by atoms with Crippen molar-refractivity contribution in [3.8, 4) is 5.75 Å². The summed E-state index contributed by atoms with van der Waals surface area (Å²) in [5.41, 5.74) is 8.64. The summed E-state index contributed by atoms with van der Waals surface area (Å²) in [6, 6.07) is 2.94. The molecular weight excluding hydrogens is 206 g/mol. The molecule has 0 saturated heterocycles. The van der Waals surface area contributed by atoms with Crippen LogP contribution in [0.2, 0.25) is 0 Å². The van der Waals surface area contributed by atoms with Crippen molar-refractivity contribution >= 4 is 5.97 Å². The van der Waals surface area contributed by atoms with E-state index in [0.717, 1.165) is 24.8 Å². The first-order valence-electron chi connectivity index (χ1n) is 5.40. The summed E-state index contributed by atoms with van der Waals surface area (Å²) in [4.78, 5) is 10.6. The summed E-state index contributed by atoms with van der Waals surface area (Å²) in [5.74, 6) is -0.832. The highest BCUT2D eigenvalue weighted by molar-refractivity contribution is 5.68. The van der Waals surface area contributed by atoms with E-state index in [4.69, 9.17) is 10.8 Å². The van der Waals surface area contributed by atoms with Crippen molar-refractivity contribution in [1.29, 1.82) is 0 Å². The normalized spacial score (nSPS) is 15.8. The van der Waals surface area contributed by atoms with E-state index in [9.17, 15) is 9.90 Å². The number of carbonyl (C=O) groups is 1. The highest BCUT2D eigenvalue weighted by atomic mass is 16.4.